The van der Waals surface area contributed by atoms with Gasteiger partial charge in [-0.05, 0) is 80.0 Å². The van der Waals surface area contributed by atoms with Crippen molar-refractivity contribution >= 4 is 16.8 Å². The zero-order valence-corrected chi connectivity index (χ0v) is 20.7. The third-order valence-electron chi connectivity index (χ3n) is 6.70. The zero-order valence-electron chi connectivity index (χ0n) is 20.7. The van der Waals surface area contributed by atoms with Gasteiger partial charge in [0, 0.05) is 18.2 Å². The molecule has 2 heterocycles. The molecule has 7 nitrogen and oxygen atoms in total. The summed E-state index contributed by atoms with van der Waals surface area (Å²) in [4.78, 5) is 29.5. The standard InChI is InChI=1S/C30H29NO6/c1-35-23-10-5-20(6-11-23)27-29(34)25-14-9-22(32)19-26(25)37-30(27)28(33)21-7-12-24(13-8-21)36-18-17-31-15-3-2-4-16-31/h5-14,19,32H,2-4,15-18H2,1H3. The van der Waals surface area contributed by atoms with Gasteiger partial charge < -0.3 is 19.0 Å². The molecule has 1 N–H and O–H groups in total. The van der Waals surface area contributed by atoms with Crippen LogP contribution in [0.25, 0.3) is 22.1 Å². The molecule has 1 aromatic heterocycles. The molecule has 0 aliphatic carbocycles. The van der Waals surface area contributed by atoms with Crippen molar-refractivity contribution in [3.63, 3.8) is 0 Å². The fourth-order valence-electron chi connectivity index (χ4n) is 4.67. The van der Waals surface area contributed by atoms with Crippen molar-refractivity contribution in [2.75, 3.05) is 33.4 Å². The molecule has 0 spiro atoms. The first-order chi connectivity index (χ1) is 18.0. The van der Waals surface area contributed by atoms with Crippen molar-refractivity contribution in [3.05, 3.63) is 88.3 Å². The van der Waals surface area contributed by atoms with Crippen LogP contribution in [0.3, 0.4) is 0 Å². The SMILES string of the molecule is COc1ccc(-c2c(C(=O)c3ccc(OCCN4CCCCC4)cc3)oc3cc(O)ccc3c2=O)cc1. The lowest BCUT2D eigenvalue weighted by molar-refractivity contribution is 0.101. The summed E-state index contributed by atoms with van der Waals surface area (Å²) in [7, 11) is 1.56. The van der Waals surface area contributed by atoms with E-state index in [-0.39, 0.29) is 33.5 Å². The second-order valence-electron chi connectivity index (χ2n) is 9.15. The Kier molecular flexibility index (Phi) is 7.23. The molecule has 0 unspecified atom stereocenters. The van der Waals surface area contributed by atoms with Crippen LogP contribution in [0.4, 0.5) is 0 Å². The largest absolute Gasteiger partial charge is 0.508 e. The van der Waals surface area contributed by atoms with Gasteiger partial charge in [0.1, 0.15) is 29.4 Å². The molecule has 0 atom stereocenters. The molecule has 1 fully saturated rings. The van der Waals surface area contributed by atoms with Gasteiger partial charge in [0.25, 0.3) is 0 Å². The van der Waals surface area contributed by atoms with Crippen molar-refractivity contribution in [3.8, 4) is 28.4 Å². The van der Waals surface area contributed by atoms with Crippen molar-refractivity contribution in [1.29, 1.82) is 0 Å². The molecule has 4 aromatic rings. The number of ether oxygens (including phenoxy) is 2. The molecule has 1 saturated heterocycles. The smallest absolute Gasteiger partial charge is 0.229 e. The van der Waals surface area contributed by atoms with Gasteiger partial charge in [-0.25, -0.2) is 0 Å². The number of phenols is 1. The van der Waals surface area contributed by atoms with E-state index in [1.165, 1.54) is 37.5 Å². The number of nitrogens with zero attached hydrogens (tertiary/aromatic N) is 1. The van der Waals surface area contributed by atoms with Crippen molar-refractivity contribution in [2.45, 2.75) is 19.3 Å². The number of rotatable bonds is 8. The molecular formula is C30H29NO6. The molecule has 37 heavy (non-hydrogen) atoms. The Labute approximate surface area is 214 Å². The lowest BCUT2D eigenvalue weighted by Gasteiger charge is -2.26. The van der Waals surface area contributed by atoms with E-state index in [4.69, 9.17) is 13.9 Å². The normalized spacial score (nSPS) is 14.0. The van der Waals surface area contributed by atoms with E-state index >= 15 is 0 Å². The van der Waals surface area contributed by atoms with Gasteiger partial charge >= 0.3 is 0 Å². The fourth-order valence-corrected chi connectivity index (χ4v) is 4.67. The maximum absolute atomic E-state index is 13.6. The van der Waals surface area contributed by atoms with Crippen LogP contribution < -0.4 is 14.9 Å². The number of benzene rings is 3. The number of phenolic OH excluding ortho intramolecular Hbond substituents is 1. The Morgan fingerprint density at radius 1 is 0.946 bits per heavy atom. The zero-order chi connectivity index (χ0) is 25.8. The van der Waals surface area contributed by atoms with Gasteiger partial charge in [0.15, 0.2) is 5.76 Å². The highest BCUT2D eigenvalue weighted by Crippen LogP contribution is 2.30. The molecule has 1 aliphatic rings. The van der Waals surface area contributed by atoms with Crippen LogP contribution >= 0.6 is 0 Å². The van der Waals surface area contributed by atoms with Crippen LogP contribution in [0.15, 0.2) is 75.9 Å². The van der Waals surface area contributed by atoms with Crippen LogP contribution in [0.1, 0.15) is 35.4 Å². The number of carbonyl (C=O) groups is 1. The first-order valence-corrected chi connectivity index (χ1v) is 12.5. The monoisotopic (exact) mass is 499 g/mol. The van der Waals surface area contributed by atoms with Gasteiger partial charge in [-0.15, -0.1) is 0 Å². The highest BCUT2D eigenvalue weighted by molar-refractivity contribution is 6.11. The third-order valence-corrected chi connectivity index (χ3v) is 6.70. The molecule has 0 bridgehead atoms. The number of aromatic hydroxyl groups is 1. The molecule has 0 saturated carbocycles. The first-order valence-electron chi connectivity index (χ1n) is 12.5. The summed E-state index contributed by atoms with van der Waals surface area (Å²) in [5, 5.41) is 10.2. The minimum Gasteiger partial charge on any atom is -0.508 e. The van der Waals surface area contributed by atoms with Gasteiger partial charge in [0.05, 0.1) is 18.1 Å². The minimum absolute atomic E-state index is 0.0581. The highest BCUT2D eigenvalue weighted by Gasteiger charge is 2.23. The topological polar surface area (TPSA) is 89.2 Å². The first kappa shape index (κ1) is 24.6. The van der Waals surface area contributed by atoms with Crippen molar-refractivity contribution in [2.24, 2.45) is 0 Å². The molecule has 0 amide bonds. The summed E-state index contributed by atoms with van der Waals surface area (Å²) in [6, 6.07) is 18.0. The summed E-state index contributed by atoms with van der Waals surface area (Å²) in [5.74, 6) is 0.716. The number of hydrogen-bond acceptors (Lipinski definition) is 7. The number of piperidine rings is 1. The highest BCUT2D eigenvalue weighted by atomic mass is 16.5. The Bertz CT molecular complexity index is 1450. The summed E-state index contributed by atoms with van der Waals surface area (Å²) in [5.41, 5.74) is 0.842. The number of likely N-dealkylation sites (tertiary alicyclic amines) is 1. The number of ketones is 1. The van der Waals surface area contributed by atoms with Gasteiger partial charge in [0.2, 0.25) is 11.2 Å². The predicted molar refractivity (Wildman–Crippen MR) is 142 cm³/mol. The predicted octanol–water partition coefficient (Wildman–Crippen LogP) is 5.27. The molecule has 7 heteroatoms. The maximum atomic E-state index is 13.6. The maximum Gasteiger partial charge on any atom is 0.229 e. The van der Waals surface area contributed by atoms with Crippen LogP contribution in [0.2, 0.25) is 0 Å². The molecule has 1 aliphatic heterocycles. The second kappa shape index (κ2) is 10.9. The van der Waals surface area contributed by atoms with E-state index in [9.17, 15) is 14.7 Å². The Balaban J connectivity index is 1.44. The Morgan fingerprint density at radius 2 is 1.65 bits per heavy atom. The Hall–Kier alpha value is -4.10. The van der Waals surface area contributed by atoms with E-state index < -0.39 is 5.78 Å². The van der Waals surface area contributed by atoms with Crippen molar-refractivity contribution in [1.82, 2.24) is 4.90 Å². The molecular weight excluding hydrogens is 470 g/mol. The number of methoxy groups -OCH3 is 1. The number of carbonyl (C=O) groups excluding carboxylic acids is 1. The molecule has 0 radical (unpaired) electrons. The quantitative estimate of drug-likeness (QED) is 0.330. The van der Waals surface area contributed by atoms with Gasteiger partial charge in [-0.1, -0.05) is 18.6 Å². The van der Waals surface area contributed by atoms with Gasteiger partial charge in [-0.3, -0.25) is 14.5 Å². The van der Waals surface area contributed by atoms with E-state index in [0.717, 1.165) is 19.6 Å². The van der Waals surface area contributed by atoms with E-state index in [2.05, 4.69) is 4.90 Å². The average molecular weight is 500 g/mol. The molecule has 190 valence electrons. The summed E-state index contributed by atoms with van der Waals surface area (Å²) in [6.07, 6.45) is 3.77. The van der Waals surface area contributed by atoms with Gasteiger partial charge in [-0.2, -0.15) is 0 Å². The lowest BCUT2D eigenvalue weighted by Crippen LogP contribution is -2.33. The summed E-state index contributed by atoms with van der Waals surface area (Å²) in [6.45, 7) is 3.68. The average Bonchev–Trinajstić information content (AvgIpc) is 2.93. The van der Waals surface area contributed by atoms with Crippen LogP contribution in [-0.4, -0.2) is 49.1 Å². The lowest BCUT2D eigenvalue weighted by atomic mass is 9.97. The fraction of sp³-hybridized carbons (Fsp3) is 0.267. The van der Waals surface area contributed by atoms with E-state index in [0.29, 0.717) is 29.2 Å². The van der Waals surface area contributed by atoms with E-state index in [1.807, 2.05) is 0 Å². The second-order valence-corrected chi connectivity index (χ2v) is 9.15. The molecule has 5 rings (SSSR count). The van der Waals surface area contributed by atoms with Crippen LogP contribution in [0, 0.1) is 0 Å². The summed E-state index contributed by atoms with van der Waals surface area (Å²) >= 11 is 0. The molecule has 3 aromatic carbocycles. The number of fused-ring (bicyclic) bond motifs is 1. The van der Waals surface area contributed by atoms with Crippen LogP contribution in [0.5, 0.6) is 17.2 Å². The third kappa shape index (κ3) is 5.37. The number of hydrogen-bond donors (Lipinski definition) is 1. The Morgan fingerprint density at radius 3 is 2.35 bits per heavy atom. The summed E-state index contributed by atoms with van der Waals surface area (Å²) < 4.78 is 17.1. The van der Waals surface area contributed by atoms with Crippen molar-refractivity contribution < 1.29 is 23.8 Å². The van der Waals surface area contributed by atoms with Crippen LogP contribution in [-0.2, 0) is 0 Å². The van der Waals surface area contributed by atoms with E-state index in [1.54, 1.807) is 55.6 Å². The minimum atomic E-state index is -0.437.